The SMILES string of the molecule is CCC(C)N(c1ccccc1)[SiH]1CCC1. The average Bonchev–Trinajstić information content (AvgIpc) is 2.23. The number of rotatable bonds is 4. The molecule has 82 valence electrons. The predicted octanol–water partition coefficient (Wildman–Crippen LogP) is 3.42. The van der Waals surface area contributed by atoms with E-state index >= 15 is 0 Å². The van der Waals surface area contributed by atoms with Crippen LogP contribution >= 0.6 is 0 Å². The molecule has 1 aromatic rings. The molecule has 0 N–H and O–H groups in total. The summed E-state index contributed by atoms with van der Waals surface area (Å²) >= 11 is 0. The quantitative estimate of drug-likeness (QED) is 0.701. The van der Waals surface area contributed by atoms with Gasteiger partial charge in [-0.05, 0) is 37.6 Å². The highest BCUT2D eigenvalue weighted by atomic mass is 28.3. The molecule has 1 unspecified atom stereocenters. The molecule has 15 heavy (non-hydrogen) atoms. The van der Waals surface area contributed by atoms with Crippen LogP contribution < -0.4 is 4.57 Å². The summed E-state index contributed by atoms with van der Waals surface area (Å²) in [7, 11) is -0.585. The first-order chi connectivity index (χ1) is 7.33. The van der Waals surface area contributed by atoms with Crippen LogP contribution in [0.25, 0.3) is 0 Å². The molecule has 1 aliphatic rings. The third-order valence-corrected chi connectivity index (χ3v) is 7.33. The van der Waals surface area contributed by atoms with E-state index in [-0.39, 0.29) is 0 Å². The van der Waals surface area contributed by atoms with Crippen molar-refractivity contribution in [3.63, 3.8) is 0 Å². The molecular weight excluding hydrogens is 198 g/mol. The smallest absolute Gasteiger partial charge is 0.140 e. The first kappa shape index (κ1) is 10.7. The molecule has 0 bridgehead atoms. The van der Waals surface area contributed by atoms with Gasteiger partial charge in [-0.1, -0.05) is 31.5 Å². The predicted molar refractivity (Wildman–Crippen MR) is 70.1 cm³/mol. The number of hydrogen-bond acceptors (Lipinski definition) is 1. The van der Waals surface area contributed by atoms with Crippen LogP contribution in [0, 0.1) is 0 Å². The van der Waals surface area contributed by atoms with Crippen molar-refractivity contribution in [3.05, 3.63) is 30.3 Å². The van der Waals surface area contributed by atoms with Gasteiger partial charge in [0.1, 0.15) is 8.96 Å². The van der Waals surface area contributed by atoms with Gasteiger partial charge >= 0.3 is 0 Å². The van der Waals surface area contributed by atoms with E-state index in [1.165, 1.54) is 30.6 Å². The van der Waals surface area contributed by atoms with Crippen molar-refractivity contribution in [3.8, 4) is 0 Å². The van der Waals surface area contributed by atoms with Gasteiger partial charge in [-0.15, -0.1) is 0 Å². The largest absolute Gasteiger partial charge is 0.398 e. The Morgan fingerprint density at radius 2 is 1.93 bits per heavy atom. The third kappa shape index (κ3) is 2.25. The van der Waals surface area contributed by atoms with Crippen molar-refractivity contribution in [2.45, 2.75) is 44.8 Å². The monoisotopic (exact) mass is 219 g/mol. The summed E-state index contributed by atoms with van der Waals surface area (Å²) in [5, 5.41) is 0. The van der Waals surface area contributed by atoms with E-state index in [1.807, 2.05) is 0 Å². The molecule has 1 fully saturated rings. The maximum absolute atomic E-state index is 2.75. The number of nitrogens with zero attached hydrogens (tertiary/aromatic N) is 1. The van der Waals surface area contributed by atoms with Crippen LogP contribution in [0.3, 0.4) is 0 Å². The summed E-state index contributed by atoms with van der Waals surface area (Å²) in [6, 6.07) is 14.7. The summed E-state index contributed by atoms with van der Waals surface area (Å²) in [6.07, 6.45) is 2.73. The van der Waals surface area contributed by atoms with Gasteiger partial charge < -0.3 is 4.57 Å². The zero-order chi connectivity index (χ0) is 10.7. The Bertz CT molecular complexity index is 290. The van der Waals surface area contributed by atoms with Crippen LogP contribution in [0.2, 0.25) is 12.1 Å². The van der Waals surface area contributed by atoms with Crippen molar-refractivity contribution in [2.75, 3.05) is 4.57 Å². The topological polar surface area (TPSA) is 3.24 Å². The van der Waals surface area contributed by atoms with Crippen molar-refractivity contribution < 1.29 is 0 Å². The van der Waals surface area contributed by atoms with E-state index in [9.17, 15) is 0 Å². The van der Waals surface area contributed by atoms with Crippen LogP contribution in [-0.2, 0) is 0 Å². The molecule has 0 spiro atoms. The summed E-state index contributed by atoms with van der Waals surface area (Å²) in [5.74, 6) is 0. The lowest BCUT2D eigenvalue weighted by Gasteiger charge is -2.42. The van der Waals surface area contributed by atoms with E-state index in [1.54, 1.807) is 0 Å². The van der Waals surface area contributed by atoms with E-state index in [0.29, 0.717) is 0 Å². The molecule has 0 saturated carbocycles. The molecule has 0 radical (unpaired) electrons. The van der Waals surface area contributed by atoms with Gasteiger partial charge in [0.25, 0.3) is 0 Å². The van der Waals surface area contributed by atoms with Crippen LogP contribution in [0.1, 0.15) is 26.7 Å². The highest BCUT2D eigenvalue weighted by Gasteiger charge is 2.29. The van der Waals surface area contributed by atoms with Gasteiger partial charge in [-0.25, -0.2) is 0 Å². The van der Waals surface area contributed by atoms with Crippen molar-refractivity contribution in [2.24, 2.45) is 0 Å². The molecule has 0 amide bonds. The lowest BCUT2D eigenvalue weighted by Crippen LogP contribution is -2.48. The number of para-hydroxylation sites is 1. The van der Waals surface area contributed by atoms with Gasteiger partial charge in [0, 0.05) is 11.7 Å². The van der Waals surface area contributed by atoms with Crippen molar-refractivity contribution in [1.82, 2.24) is 0 Å². The molecule has 1 saturated heterocycles. The van der Waals surface area contributed by atoms with Gasteiger partial charge in [0.15, 0.2) is 0 Å². The Morgan fingerprint density at radius 1 is 1.27 bits per heavy atom. The zero-order valence-electron chi connectivity index (χ0n) is 9.82. The molecule has 2 heteroatoms. The van der Waals surface area contributed by atoms with Gasteiger partial charge in [0.05, 0.1) is 0 Å². The first-order valence-corrected chi connectivity index (χ1v) is 8.31. The number of benzene rings is 1. The molecular formula is C13H21NSi. The van der Waals surface area contributed by atoms with E-state index < -0.39 is 8.96 Å². The van der Waals surface area contributed by atoms with Crippen LogP contribution in [0.4, 0.5) is 5.69 Å². The minimum absolute atomic E-state index is 0.585. The van der Waals surface area contributed by atoms with Crippen molar-refractivity contribution >= 4 is 14.6 Å². The minimum Gasteiger partial charge on any atom is -0.398 e. The Balaban J connectivity index is 2.18. The van der Waals surface area contributed by atoms with E-state index in [0.717, 1.165) is 6.04 Å². The van der Waals surface area contributed by atoms with Crippen LogP contribution in [0.5, 0.6) is 0 Å². The zero-order valence-corrected chi connectivity index (χ0v) is 11.0. The summed E-state index contributed by atoms with van der Waals surface area (Å²) in [5.41, 5.74) is 1.46. The van der Waals surface area contributed by atoms with Gasteiger partial charge in [0.2, 0.25) is 0 Å². The fourth-order valence-corrected chi connectivity index (χ4v) is 5.14. The molecule has 2 rings (SSSR count). The minimum atomic E-state index is -0.585. The maximum atomic E-state index is 2.75. The second-order valence-electron chi connectivity index (χ2n) is 4.58. The Labute approximate surface area is 94.8 Å². The lowest BCUT2D eigenvalue weighted by atomic mass is 10.2. The van der Waals surface area contributed by atoms with Crippen molar-refractivity contribution in [1.29, 1.82) is 0 Å². The second kappa shape index (κ2) is 4.84. The Morgan fingerprint density at radius 3 is 2.40 bits per heavy atom. The van der Waals surface area contributed by atoms with Gasteiger partial charge in [-0.3, -0.25) is 0 Å². The normalized spacial score (nSPS) is 18.3. The molecule has 1 atom stereocenters. The average molecular weight is 219 g/mol. The fraction of sp³-hybridized carbons (Fsp3) is 0.538. The highest BCUT2D eigenvalue weighted by Crippen LogP contribution is 2.30. The summed E-state index contributed by atoms with van der Waals surface area (Å²) < 4.78 is 2.75. The molecule has 1 aromatic carbocycles. The molecule has 0 aromatic heterocycles. The van der Waals surface area contributed by atoms with Crippen LogP contribution in [-0.4, -0.2) is 15.0 Å². The molecule has 1 heterocycles. The van der Waals surface area contributed by atoms with E-state index in [2.05, 4.69) is 48.7 Å². The summed E-state index contributed by atoms with van der Waals surface area (Å²) in [4.78, 5) is 0. The standard InChI is InChI=1S/C13H21NSi/c1-3-12(2)14(15-10-7-11-15)13-8-5-4-6-9-13/h4-6,8-9,12,15H,3,7,10-11H2,1-2H3. The van der Waals surface area contributed by atoms with Crippen LogP contribution in [0.15, 0.2) is 30.3 Å². The second-order valence-corrected chi connectivity index (χ2v) is 7.60. The number of anilines is 1. The Kier molecular flexibility index (Phi) is 3.47. The third-order valence-electron chi connectivity index (χ3n) is 3.59. The summed E-state index contributed by atoms with van der Waals surface area (Å²) in [6.45, 7) is 4.67. The molecule has 1 nitrogen and oxygen atoms in total. The maximum Gasteiger partial charge on any atom is 0.140 e. The fourth-order valence-electron chi connectivity index (χ4n) is 2.29. The lowest BCUT2D eigenvalue weighted by molar-refractivity contribution is 0.689. The number of hydrogen-bond donors (Lipinski definition) is 0. The molecule has 0 aliphatic carbocycles. The first-order valence-electron chi connectivity index (χ1n) is 6.16. The van der Waals surface area contributed by atoms with E-state index in [4.69, 9.17) is 0 Å². The highest BCUT2D eigenvalue weighted by molar-refractivity contribution is 6.66. The molecule has 1 aliphatic heterocycles. The Hall–Kier alpha value is -0.763. The van der Waals surface area contributed by atoms with Gasteiger partial charge in [-0.2, -0.15) is 0 Å².